The fourth-order valence-electron chi connectivity index (χ4n) is 5.90. The topological polar surface area (TPSA) is 90.5 Å². The molecule has 0 bridgehead atoms. The predicted octanol–water partition coefficient (Wildman–Crippen LogP) is 4.28. The lowest BCUT2D eigenvalue weighted by Crippen LogP contribution is -2.50. The molecule has 0 aliphatic carbocycles. The molecule has 2 aromatic rings. The maximum atomic E-state index is 12.5. The van der Waals surface area contributed by atoms with E-state index in [-0.39, 0.29) is 23.8 Å². The second-order valence-corrected chi connectivity index (χ2v) is 11.5. The molecule has 9 heteroatoms. The molecule has 2 heterocycles. The van der Waals surface area contributed by atoms with Crippen LogP contribution >= 0.6 is 0 Å². The van der Waals surface area contributed by atoms with Crippen molar-refractivity contribution in [1.29, 1.82) is 0 Å². The standard InChI is InChI=1S/C34H51N3O6/c1-4-5-7-33(38)36-22-29-21-35-23-32(34(29)28-11-8-26(9-12-28)24-41-19-18-40-3)43-25-27-10-13-31-30(20-27)37(15-17-42-31)14-6-16-39-2/h8-13,20,29,32,34-35H,4-7,14-19,21-25H2,1-3H3,(H,36,38)/t29-,32-,34-/m0/s1. The van der Waals surface area contributed by atoms with Gasteiger partial charge in [0.05, 0.1) is 44.8 Å². The van der Waals surface area contributed by atoms with Crippen LogP contribution in [0.3, 0.4) is 0 Å². The first-order valence-electron chi connectivity index (χ1n) is 15.9. The lowest BCUT2D eigenvalue weighted by atomic mass is 9.79. The fourth-order valence-corrected chi connectivity index (χ4v) is 5.90. The molecule has 0 unspecified atom stereocenters. The Labute approximate surface area is 257 Å². The van der Waals surface area contributed by atoms with Gasteiger partial charge in [0, 0.05) is 59.3 Å². The molecule has 238 valence electrons. The van der Waals surface area contributed by atoms with Crippen molar-refractivity contribution in [3.05, 3.63) is 59.2 Å². The zero-order valence-corrected chi connectivity index (χ0v) is 26.3. The van der Waals surface area contributed by atoms with Crippen molar-refractivity contribution < 1.29 is 28.5 Å². The maximum Gasteiger partial charge on any atom is 0.220 e. The maximum absolute atomic E-state index is 12.5. The number of carbonyl (C=O) groups is 1. The average molecular weight is 598 g/mol. The lowest BCUT2D eigenvalue weighted by molar-refractivity contribution is -0.121. The largest absolute Gasteiger partial charge is 0.490 e. The number of fused-ring (bicyclic) bond motifs is 1. The summed E-state index contributed by atoms with van der Waals surface area (Å²) >= 11 is 0. The molecule has 2 aromatic carbocycles. The van der Waals surface area contributed by atoms with Crippen LogP contribution in [0.25, 0.3) is 0 Å². The number of anilines is 1. The van der Waals surface area contributed by atoms with Crippen LogP contribution in [-0.4, -0.2) is 85.4 Å². The van der Waals surface area contributed by atoms with Crippen molar-refractivity contribution in [3.63, 3.8) is 0 Å². The Hall–Kier alpha value is -2.69. The summed E-state index contributed by atoms with van der Waals surface area (Å²) in [5.41, 5.74) is 4.60. The SMILES string of the molecule is CCCCC(=O)NC[C@@H]1CNC[C@H](OCc2ccc3c(c2)N(CCCOC)CCO3)[C@H]1c1ccc(COCCOC)cc1. The quantitative estimate of drug-likeness (QED) is 0.246. The van der Waals surface area contributed by atoms with Crippen molar-refractivity contribution in [2.75, 3.05) is 78.3 Å². The molecule has 3 atom stereocenters. The molecular formula is C34H51N3O6. The molecule has 0 aromatic heterocycles. The molecule has 1 amide bonds. The molecule has 43 heavy (non-hydrogen) atoms. The minimum atomic E-state index is -0.0415. The predicted molar refractivity (Wildman–Crippen MR) is 169 cm³/mol. The van der Waals surface area contributed by atoms with Crippen molar-refractivity contribution >= 4 is 11.6 Å². The highest BCUT2D eigenvalue weighted by molar-refractivity contribution is 5.75. The van der Waals surface area contributed by atoms with E-state index in [2.05, 4.69) is 64.9 Å². The van der Waals surface area contributed by atoms with E-state index < -0.39 is 0 Å². The van der Waals surface area contributed by atoms with Crippen LogP contribution in [0.2, 0.25) is 0 Å². The Kier molecular flexibility index (Phi) is 14.1. The molecule has 1 fully saturated rings. The summed E-state index contributed by atoms with van der Waals surface area (Å²) in [5.74, 6) is 1.40. The zero-order chi connectivity index (χ0) is 30.3. The Morgan fingerprint density at radius 3 is 2.60 bits per heavy atom. The number of benzene rings is 2. The highest BCUT2D eigenvalue weighted by atomic mass is 16.5. The van der Waals surface area contributed by atoms with E-state index in [1.165, 1.54) is 5.56 Å². The second kappa shape index (κ2) is 18.2. The Morgan fingerprint density at radius 2 is 1.81 bits per heavy atom. The normalized spacial score (nSPS) is 20.0. The Balaban J connectivity index is 1.46. The van der Waals surface area contributed by atoms with Crippen molar-refractivity contribution in [2.24, 2.45) is 5.92 Å². The third kappa shape index (κ3) is 10.2. The highest BCUT2D eigenvalue weighted by Crippen LogP contribution is 2.35. The summed E-state index contributed by atoms with van der Waals surface area (Å²) in [6.07, 6.45) is 3.43. The molecular weight excluding hydrogens is 546 g/mol. The highest BCUT2D eigenvalue weighted by Gasteiger charge is 2.35. The van der Waals surface area contributed by atoms with Gasteiger partial charge >= 0.3 is 0 Å². The number of ether oxygens (including phenoxy) is 5. The number of nitrogens with zero attached hydrogens (tertiary/aromatic N) is 1. The number of amides is 1. The number of rotatable bonds is 18. The van der Waals surface area contributed by atoms with E-state index in [1.54, 1.807) is 14.2 Å². The van der Waals surface area contributed by atoms with E-state index in [0.29, 0.717) is 46.0 Å². The van der Waals surface area contributed by atoms with Gasteiger partial charge in [-0.2, -0.15) is 0 Å². The van der Waals surface area contributed by atoms with Crippen molar-refractivity contribution in [1.82, 2.24) is 10.6 Å². The molecule has 2 N–H and O–H groups in total. The van der Waals surface area contributed by atoms with E-state index in [4.69, 9.17) is 23.7 Å². The van der Waals surface area contributed by atoms with Gasteiger partial charge in [0.1, 0.15) is 12.4 Å². The summed E-state index contributed by atoms with van der Waals surface area (Å²) in [4.78, 5) is 14.9. The number of methoxy groups -OCH3 is 2. The van der Waals surface area contributed by atoms with Crippen LogP contribution in [0.5, 0.6) is 5.75 Å². The minimum Gasteiger partial charge on any atom is -0.490 e. The van der Waals surface area contributed by atoms with E-state index in [9.17, 15) is 4.79 Å². The van der Waals surface area contributed by atoms with E-state index >= 15 is 0 Å². The number of hydrogen-bond donors (Lipinski definition) is 2. The minimum absolute atomic E-state index is 0.0415. The van der Waals surface area contributed by atoms with Gasteiger partial charge in [-0.05, 0) is 47.6 Å². The van der Waals surface area contributed by atoms with Crippen molar-refractivity contribution in [2.45, 2.75) is 57.8 Å². The second-order valence-electron chi connectivity index (χ2n) is 11.5. The first-order chi connectivity index (χ1) is 21.1. The van der Waals surface area contributed by atoms with Gasteiger partial charge in [0.15, 0.2) is 0 Å². The van der Waals surface area contributed by atoms with Crippen LogP contribution < -0.4 is 20.3 Å². The third-order valence-electron chi connectivity index (χ3n) is 8.27. The number of nitrogens with one attached hydrogen (secondary N) is 2. The number of carbonyl (C=O) groups excluding carboxylic acids is 1. The third-order valence-corrected chi connectivity index (χ3v) is 8.27. The summed E-state index contributed by atoms with van der Waals surface area (Å²) in [5, 5.41) is 6.77. The van der Waals surface area contributed by atoms with Crippen LogP contribution in [0.1, 0.15) is 55.2 Å². The van der Waals surface area contributed by atoms with Crippen LogP contribution in [-0.2, 0) is 37.0 Å². The molecule has 0 radical (unpaired) electrons. The average Bonchev–Trinajstić information content (AvgIpc) is 3.04. The van der Waals surface area contributed by atoms with Gasteiger partial charge in [-0.15, -0.1) is 0 Å². The molecule has 9 nitrogen and oxygen atoms in total. The molecule has 2 aliphatic rings. The molecule has 0 saturated carbocycles. The molecule has 4 rings (SSSR count). The van der Waals surface area contributed by atoms with Crippen molar-refractivity contribution in [3.8, 4) is 5.75 Å². The lowest BCUT2D eigenvalue weighted by Gasteiger charge is -2.39. The summed E-state index contributed by atoms with van der Waals surface area (Å²) in [6.45, 7) is 9.76. The Bertz CT molecular complexity index is 1100. The van der Waals surface area contributed by atoms with E-state index in [0.717, 1.165) is 74.6 Å². The number of unbranched alkanes of at least 4 members (excludes halogenated alkanes) is 1. The molecule has 0 spiro atoms. The van der Waals surface area contributed by atoms with Crippen LogP contribution in [0, 0.1) is 5.92 Å². The van der Waals surface area contributed by atoms with Gasteiger partial charge in [-0.25, -0.2) is 0 Å². The first kappa shape index (κ1) is 33.2. The van der Waals surface area contributed by atoms with Gasteiger partial charge in [0.2, 0.25) is 5.91 Å². The van der Waals surface area contributed by atoms with Gasteiger partial charge < -0.3 is 39.2 Å². The summed E-state index contributed by atoms with van der Waals surface area (Å²) < 4.78 is 28.7. The summed E-state index contributed by atoms with van der Waals surface area (Å²) in [7, 11) is 3.42. The van der Waals surface area contributed by atoms with Gasteiger partial charge in [0.25, 0.3) is 0 Å². The smallest absolute Gasteiger partial charge is 0.220 e. The monoisotopic (exact) mass is 597 g/mol. The zero-order valence-electron chi connectivity index (χ0n) is 26.3. The fraction of sp³-hybridized carbons (Fsp3) is 0.618. The molecule has 1 saturated heterocycles. The van der Waals surface area contributed by atoms with E-state index in [1.807, 2.05) is 0 Å². The first-order valence-corrected chi connectivity index (χ1v) is 15.9. The Morgan fingerprint density at radius 1 is 1.00 bits per heavy atom. The van der Waals surface area contributed by atoms with Gasteiger partial charge in [-0.1, -0.05) is 43.7 Å². The number of piperidine rings is 1. The van der Waals surface area contributed by atoms with Gasteiger partial charge in [-0.3, -0.25) is 4.79 Å². The summed E-state index contributed by atoms with van der Waals surface area (Å²) in [6, 6.07) is 15.0. The van der Waals surface area contributed by atoms with Crippen LogP contribution in [0.15, 0.2) is 42.5 Å². The molecule has 2 aliphatic heterocycles. The van der Waals surface area contributed by atoms with Crippen LogP contribution in [0.4, 0.5) is 5.69 Å². The number of hydrogen-bond acceptors (Lipinski definition) is 8.